The fourth-order valence-electron chi connectivity index (χ4n) is 2.29. The first-order chi connectivity index (χ1) is 9.81. The number of nitrogens with zero attached hydrogens (tertiary/aromatic N) is 3. The average Bonchev–Trinajstić information content (AvgIpc) is 2.89. The van der Waals surface area contributed by atoms with Gasteiger partial charge in [-0.25, -0.2) is 0 Å². The summed E-state index contributed by atoms with van der Waals surface area (Å²) in [7, 11) is 0. The maximum atomic E-state index is 5.94. The van der Waals surface area contributed by atoms with Crippen LogP contribution in [0.2, 0.25) is 0 Å². The van der Waals surface area contributed by atoms with Crippen molar-refractivity contribution in [1.29, 1.82) is 0 Å². The lowest BCUT2D eigenvalue weighted by atomic mass is 10.2. The van der Waals surface area contributed by atoms with E-state index in [4.69, 9.17) is 15.2 Å². The molecule has 3 heterocycles. The first kappa shape index (κ1) is 11.1. The molecule has 20 heavy (non-hydrogen) atoms. The highest BCUT2D eigenvalue weighted by Gasteiger charge is 2.26. The molecule has 0 spiro atoms. The second-order valence-corrected chi connectivity index (χ2v) is 4.61. The normalized spacial score (nSPS) is 17.3. The van der Waals surface area contributed by atoms with Gasteiger partial charge in [0.25, 0.3) is 0 Å². The fourth-order valence-corrected chi connectivity index (χ4v) is 2.29. The average molecular weight is 268 g/mol. The molecule has 0 bridgehead atoms. The van der Waals surface area contributed by atoms with Crippen molar-refractivity contribution in [2.24, 2.45) is 0 Å². The summed E-state index contributed by atoms with van der Waals surface area (Å²) in [5, 5.41) is 8.30. The van der Waals surface area contributed by atoms with E-state index in [1.807, 2.05) is 34.7 Å². The highest BCUT2D eigenvalue weighted by atomic mass is 16.6. The molecule has 1 aliphatic rings. The Bertz CT molecular complexity index is 784. The van der Waals surface area contributed by atoms with Gasteiger partial charge in [0.1, 0.15) is 6.61 Å². The molecule has 0 amide bonds. The quantitative estimate of drug-likeness (QED) is 0.728. The molecule has 1 aromatic carbocycles. The van der Waals surface area contributed by atoms with Gasteiger partial charge >= 0.3 is 0 Å². The Hall–Kier alpha value is -2.76. The number of anilines is 1. The van der Waals surface area contributed by atoms with Gasteiger partial charge in [-0.3, -0.25) is 4.40 Å². The van der Waals surface area contributed by atoms with Crippen LogP contribution in [-0.4, -0.2) is 21.2 Å². The lowest BCUT2D eigenvalue weighted by Gasteiger charge is -2.25. The van der Waals surface area contributed by atoms with Gasteiger partial charge in [0.2, 0.25) is 0 Å². The first-order valence-electron chi connectivity index (χ1n) is 6.30. The summed E-state index contributed by atoms with van der Waals surface area (Å²) in [5.41, 5.74) is 7.19. The molecule has 6 heteroatoms. The molecule has 1 aliphatic heterocycles. The van der Waals surface area contributed by atoms with Crippen molar-refractivity contribution in [1.82, 2.24) is 14.6 Å². The lowest BCUT2D eigenvalue weighted by molar-refractivity contribution is 0.0843. The van der Waals surface area contributed by atoms with Crippen molar-refractivity contribution in [3.63, 3.8) is 0 Å². The Kier molecular flexibility index (Phi) is 2.29. The Labute approximate surface area is 114 Å². The number of nitrogens with two attached hydrogens (primary N) is 1. The van der Waals surface area contributed by atoms with Crippen molar-refractivity contribution in [3.8, 4) is 11.5 Å². The molecular formula is C14H12N4O2. The maximum Gasteiger partial charge on any atom is 0.192 e. The second-order valence-electron chi connectivity index (χ2n) is 4.61. The van der Waals surface area contributed by atoms with Gasteiger partial charge < -0.3 is 15.2 Å². The predicted molar refractivity (Wildman–Crippen MR) is 72.7 cm³/mol. The number of nitrogen functional groups attached to an aromatic ring is 1. The van der Waals surface area contributed by atoms with Crippen molar-refractivity contribution in [2.75, 3.05) is 12.3 Å². The van der Waals surface area contributed by atoms with Gasteiger partial charge in [-0.1, -0.05) is 12.1 Å². The van der Waals surface area contributed by atoms with Crippen LogP contribution in [0.1, 0.15) is 11.9 Å². The van der Waals surface area contributed by atoms with E-state index in [2.05, 4.69) is 10.2 Å². The minimum absolute atomic E-state index is 0.304. The van der Waals surface area contributed by atoms with Crippen LogP contribution in [0, 0.1) is 0 Å². The van der Waals surface area contributed by atoms with Gasteiger partial charge in [0, 0.05) is 11.9 Å². The molecule has 100 valence electrons. The smallest absolute Gasteiger partial charge is 0.192 e. The molecular weight excluding hydrogens is 256 g/mol. The van der Waals surface area contributed by atoms with Crippen LogP contribution in [0.4, 0.5) is 5.69 Å². The lowest BCUT2D eigenvalue weighted by Crippen LogP contribution is -2.23. The van der Waals surface area contributed by atoms with Crippen molar-refractivity contribution >= 4 is 11.3 Å². The number of fused-ring (bicyclic) bond motifs is 2. The Morgan fingerprint density at radius 2 is 1.95 bits per heavy atom. The summed E-state index contributed by atoms with van der Waals surface area (Å²) in [6.07, 6.45) is 1.48. The van der Waals surface area contributed by atoms with Crippen LogP contribution in [0.15, 0.2) is 42.6 Å². The third-order valence-electron chi connectivity index (χ3n) is 3.25. The van der Waals surface area contributed by atoms with Crippen molar-refractivity contribution in [3.05, 3.63) is 48.4 Å². The van der Waals surface area contributed by atoms with E-state index >= 15 is 0 Å². The predicted octanol–water partition coefficient (Wildman–Crippen LogP) is 1.82. The molecule has 1 atom stereocenters. The van der Waals surface area contributed by atoms with Gasteiger partial charge in [0.05, 0.1) is 0 Å². The summed E-state index contributed by atoms with van der Waals surface area (Å²) in [4.78, 5) is 0. The zero-order valence-electron chi connectivity index (χ0n) is 10.6. The van der Waals surface area contributed by atoms with E-state index in [1.54, 1.807) is 12.3 Å². The molecule has 4 rings (SSSR count). The highest BCUT2D eigenvalue weighted by Crippen LogP contribution is 2.35. The first-order valence-corrected chi connectivity index (χ1v) is 6.30. The number of benzene rings is 1. The van der Waals surface area contributed by atoms with E-state index in [0.29, 0.717) is 23.9 Å². The highest BCUT2D eigenvalue weighted by molar-refractivity contribution is 5.47. The van der Waals surface area contributed by atoms with Crippen molar-refractivity contribution < 1.29 is 9.47 Å². The summed E-state index contributed by atoms with van der Waals surface area (Å²) in [5.74, 6) is 2.14. The van der Waals surface area contributed by atoms with Gasteiger partial charge in [0.15, 0.2) is 29.1 Å². The Morgan fingerprint density at radius 3 is 2.85 bits per heavy atom. The molecule has 6 nitrogen and oxygen atoms in total. The number of aromatic nitrogens is 3. The number of hydrogen-bond acceptors (Lipinski definition) is 5. The molecule has 1 unspecified atom stereocenters. The van der Waals surface area contributed by atoms with Crippen molar-refractivity contribution in [2.45, 2.75) is 6.10 Å². The SMILES string of the molecule is Nc1ccc2nnc(C3COc4ccccc4O3)n2c1. The van der Waals surface area contributed by atoms with Gasteiger partial charge in [-0.05, 0) is 24.3 Å². The number of ether oxygens (including phenoxy) is 2. The van der Waals surface area contributed by atoms with E-state index in [9.17, 15) is 0 Å². The van der Waals surface area contributed by atoms with Crippen LogP contribution < -0.4 is 15.2 Å². The second kappa shape index (κ2) is 4.12. The van der Waals surface area contributed by atoms with E-state index in [0.717, 1.165) is 11.4 Å². The van der Waals surface area contributed by atoms with E-state index < -0.39 is 0 Å². The molecule has 0 fully saturated rings. The van der Waals surface area contributed by atoms with Crippen LogP contribution in [-0.2, 0) is 0 Å². The Balaban J connectivity index is 1.76. The molecule has 3 aromatic rings. The number of hydrogen-bond donors (Lipinski definition) is 1. The van der Waals surface area contributed by atoms with E-state index in [-0.39, 0.29) is 6.10 Å². The zero-order chi connectivity index (χ0) is 13.5. The summed E-state index contributed by atoms with van der Waals surface area (Å²) < 4.78 is 13.5. The monoisotopic (exact) mass is 268 g/mol. The minimum atomic E-state index is -0.304. The number of rotatable bonds is 1. The number of para-hydroxylation sites is 2. The van der Waals surface area contributed by atoms with Gasteiger partial charge in [-0.2, -0.15) is 0 Å². The maximum absolute atomic E-state index is 5.94. The summed E-state index contributed by atoms with van der Waals surface area (Å²) in [6.45, 7) is 0.395. The van der Waals surface area contributed by atoms with Crippen LogP contribution >= 0.6 is 0 Å². The van der Waals surface area contributed by atoms with Gasteiger partial charge in [-0.15, -0.1) is 10.2 Å². The third-order valence-corrected chi connectivity index (χ3v) is 3.25. The van der Waals surface area contributed by atoms with Crippen LogP contribution in [0.3, 0.4) is 0 Å². The molecule has 2 N–H and O–H groups in total. The standard InChI is InChI=1S/C14H12N4O2/c15-9-5-6-13-16-17-14(18(13)7-9)12-8-19-10-3-1-2-4-11(10)20-12/h1-7,12H,8,15H2. The molecule has 0 radical (unpaired) electrons. The molecule has 0 saturated heterocycles. The largest absolute Gasteiger partial charge is 0.485 e. The topological polar surface area (TPSA) is 74.7 Å². The fraction of sp³-hybridized carbons (Fsp3) is 0.143. The van der Waals surface area contributed by atoms with Crippen LogP contribution in [0.25, 0.3) is 5.65 Å². The number of pyridine rings is 1. The molecule has 0 saturated carbocycles. The van der Waals surface area contributed by atoms with E-state index in [1.165, 1.54) is 0 Å². The summed E-state index contributed by atoms with van der Waals surface area (Å²) in [6, 6.07) is 11.2. The summed E-state index contributed by atoms with van der Waals surface area (Å²) >= 11 is 0. The van der Waals surface area contributed by atoms with Crippen LogP contribution in [0.5, 0.6) is 11.5 Å². The zero-order valence-corrected chi connectivity index (χ0v) is 10.6. The molecule has 2 aromatic heterocycles. The molecule has 0 aliphatic carbocycles. The Morgan fingerprint density at radius 1 is 1.10 bits per heavy atom. The minimum Gasteiger partial charge on any atom is -0.485 e. The third kappa shape index (κ3) is 1.65.